The van der Waals surface area contributed by atoms with E-state index in [1.807, 2.05) is 18.3 Å². The summed E-state index contributed by atoms with van der Waals surface area (Å²) in [6, 6.07) is 4.54. The van der Waals surface area contributed by atoms with Crippen molar-refractivity contribution in [1.29, 1.82) is 0 Å². The highest BCUT2D eigenvalue weighted by molar-refractivity contribution is 5.76. The van der Waals surface area contributed by atoms with Gasteiger partial charge in [-0.1, -0.05) is 6.07 Å². The fraction of sp³-hybridized carbons (Fsp3) is 0.750. The maximum Gasteiger partial charge on any atom is 0.222 e. The summed E-state index contributed by atoms with van der Waals surface area (Å²) in [7, 11) is 2.21. The van der Waals surface area contributed by atoms with E-state index < -0.39 is 0 Å². The molecule has 3 fully saturated rings. The van der Waals surface area contributed by atoms with Gasteiger partial charge in [-0.2, -0.15) is 0 Å². The predicted molar refractivity (Wildman–Crippen MR) is 116 cm³/mol. The van der Waals surface area contributed by atoms with Gasteiger partial charge in [0.25, 0.3) is 0 Å². The van der Waals surface area contributed by atoms with Crippen LogP contribution < -0.4 is 0 Å². The summed E-state index contributed by atoms with van der Waals surface area (Å²) in [6.07, 6.45) is 12.4. The van der Waals surface area contributed by atoms with E-state index >= 15 is 0 Å². The van der Waals surface area contributed by atoms with E-state index in [2.05, 4.69) is 21.8 Å². The van der Waals surface area contributed by atoms with Crippen molar-refractivity contribution in [2.75, 3.05) is 33.3 Å². The molecular weight excluding hydrogens is 378 g/mol. The lowest BCUT2D eigenvalue weighted by molar-refractivity contribution is -0.133. The fourth-order valence-corrected chi connectivity index (χ4v) is 5.52. The Morgan fingerprint density at radius 2 is 2.07 bits per heavy atom. The van der Waals surface area contributed by atoms with Crippen LogP contribution in [0.25, 0.3) is 0 Å². The van der Waals surface area contributed by atoms with Crippen molar-refractivity contribution < 1.29 is 14.6 Å². The number of amides is 1. The van der Waals surface area contributed by atoms with Gasteiger partial charge in [-0.3, -0.25) is 9.78 Å². The number of pyridine rings is 1. The number of aromatic nitrogens is 1. The minimum atomic E-state index is -0.0992. The van der Waals surface area contributed by atoms with Crippen LogP contribution in [0, 0.1) is 5.41 Å². The van der Waals surface area contributed by atoms with E-state index in [4.69, 9.17) is 4.74 Å². The molecular formula is C24H37N3O3. The number of carbonyl (C=O) groups is 1. The van der Waals surface area contributed by atoms with E-state index in [0.717, 1.165) is 83.2 Å². The average molecular weight is 416 g/mol. The molecule has 1 amide bonds. The van der Waals surface area contributed by atoms with Crippen molar-refractivity contribution in [1.82, 2.24) is 14.8 Å². The van der Waals surface area contributed by atoms with Crippen molar-refractivity contribution in [3.63, 3.8) is 0 Å². The topological polar surface area (TPSA) is 65.9 Å². The number of aliphatic hydroxyl groups excluding tert-OH is 1. The number of piperidine rings is 1. The van der Waals surface area contributed by atoms with Crippen LogP contribution in [0.1, 0.15) is 56.9 Å². The third-order valence-electron chi connectivity index (χ3n) is 7.59. The number of hydrogen-bond acceptors (Lipinski definition) is 5. The lowest BCUT2D eigenvalue weighted by Crippen LogP contribution is -2.44. The zero-order chi connectivity index (χ0) is 21.0. The van der Waals surface area contributed by atoms with Gasteiger partial charge in [-0.05, 0) is 75.5 Å². The fourth-order valence-electron chi connectivity index (χ4n) is 5.52. The van der Waals surface area contributed by atoms with Crippen LogP contribution in [-0.2, 0) is 16.0 Å². The number of nitrogens with zero attached hydrogens (tertiary/aromatic N) is 3. The molecule has 166 valence electrons. The first-order chi connectivity index (χ1) is 14.5. The van der Waals surface area contributed by atoms with Gasteiger partial charge < -0.3 is 19.6 Å². The summed E-state index contributed by atoms with van der Waals surface area (Å²) in [5.74, 6) is 0.267. The Morgan fingerprint density at radius 3 is 2.77 bits per heavy atom. The lowest BCUT2D eigenvalue weighted by Gasteiger charge is -2.39. The third-order valence-corrected chi connectivity index (χ3v) is 7.59. The molecule has 3 aliphatic rings. The molecule has 2 aliphatic heterocycles. The SMILES string of the molecule is CN(CC1CC2(CCN(C(=O)CCc3cccnc3)CC2)CO1)C1CCC(O)CC1. The van der Waals surface area contributed by atoms with E-state index in [-0.39, 0.29) is 17.4 Å². The molecule has 1 spiro atoms. The first-order valence-electron chi connectivity index (χ1n) is 11.7. The van der Waals surface area contributed by atoms with Crippen LogP contribution in [0.4, 0.5) is 0 Å². The summed E-state index contributed by atoms with van der Waals surface area (Å²) in [4.78, 5) is 21.3. The Bertz CT molecular complexity index is 682. The molecule has 1 N–H and O–H groups in total. The molecule has 3 heterocycles. The molecule has 1 aliphatic carbocycles. The summed E-state index contributed by atoms with van der Waals surface area (Å²) < 4.78 is 6.23. The highest BCUT2D eigenvalue weighted by Gasteiger charge is 2.43. The summed E-state index contributed by atoms with van der Waals surface area (Å²) in [5.41, 5.74) is 1.39. The number of hydrogen-bond donors (Lipinski definition) is 1. The maximum atomic E-state index is 12.6. The molecule has 6 heteroatoms. The first kappa shape index (κ1) is 21.7. The Morgan fingerprint density at radius 1 is 1.30 bits per heavy atom. The summed E-state index contributed by atoms with van der Waals surface area (Å²) in [6.45, 7) is 3.54. The van der Waals surface area contributed by atoms with Crippen molar-refractivity contribution in [3.05, 3.63) is 30.1 Å². The van der Waals surface area contributed by atoms with E-state index in [1.165, 1.54) is 0 Å². The molecule has 1 unspecified atom stereocenters. The molecule has 4 rings (SSSR count). The van der Waals surface area contributed by atoms with Gasteiger partial charge in [0.1, 0.15) is 0 Å². The van der Waals surface area contributed by atoms with E-state index in [0.29, 0.717) is 18.6 Å². The van der Waals surface area contributed by atoms with Gasteiger partial charge in [-0.15, -0.1) is 0 Å². The number of aliphatic hydroxyl groups is 1. The maximum absolute atomic E-state index is 12.6. The summed E-state index contributed by atoms with van der Waals surface area (Å²) in [5, 5.41) is 9.74. The zero-order valence-electron chi connectivity index (χ0n) is 18.3. The molecule has 0 aromatic carbocycles. The second-order valence-corrected chi connectivity index (χ2v) is 9.78. The molecule has 6 nitrogen and oxygen atoms in total. The normalized spacial score (nSPS) is 28.9. The van der Waals surface area contributed by atoms with Crippen LogP contribution in [0.15, 0.2) is 24.5 Å². The molecule has 0 radical (unpaired) electrons. The van der Waals surface area contributed by atoms with Crippen LogP contribution in [-0.4, -0.2) is 77.3 Å². The average Bonchev–Trinajstić information content (AvgIpc) is 3.15. The number of likely N-dealkylation sites (tertiary alicyclic amines) is 1. The Labute approximate surface area is 180 Å². The van der Waals surface area contributed by atoms with Gasteiger partial charge in [0, 0.05) is 44.5 Å². The number of carbonyl (C=O) groups excluding carboxylic acids is 1. The Balaban J connectivity index is 1.19. The molecule has 2 saturated heterocycles. The van der Waals surface area contributed by atoms with Gasteiger partial charge >= 0.3 is 0 Å². The number of rotatable bonds is 6. The molecule has 1 saturated carbocycles. The second-order valence-electron chi connectivity index (χ2n) is 9.78. The largest absolute Gasteiger partial charge is 0.393 e. The van der Waals surface area contributed by atoms with Gasteiger partial charge in [0.2, 0.25) is 5.91 Å². The second kappa shape index (κ2) is 9.75. The van der Waals surface area contributed by atoms with Crippen molar-refractivity contribution >= 4 is 5.91 Å². The van der Waals surface area contributed by atoms with Crippen LogP contribution >= 0.6 is 0 Å². The molecule has 30 heavy (non-hydrogen) atoms. The first-order valence-corrected chi connectivity index (χ1v) is 11.7. The molecule has 1 aromatic heterocycles. The van der Waals surface area contributed by atoms with Crippen LogP contribution in [0.3, 0.4) is 0 Å². The Hall–Kier alpha value is -1.50. The molecule has 1 atom stereocenters. The standard InChI is InChI=1S/C24H37N3O3/c1-26(20-5-7-21(28)8-6-20)17-22-15-24(18-30-22)10-13-27(14-11-24)23(29)9-4-19-3-2-12-25-16-19/h2-3,12,16,20-22,28H,4-11,13-15,17-18H2,1H3. The predicted octanol–water partition coefficient (Wildman–Crippen LogP) is 2.65. The van der Waals surface area contributed by atoms with E-state index in [9.17, 15) is 9.90 Å². The van der Waals surface area contributed by atoms with Crippen LogP contribution in [0.5, 0.6) is 0 Å². The zero-order valence-corrected chi connectivity index (χ0v) is 18.3. The quantitative estimate of drug-likeness (QED) is 0.774. The van der Waals surface area contributed by atoms with Crippen molar-refractivity contribution in [2.24, 2.45) is 5.41 Å². The van der Waals surface area contributed by atoms with Crippen molar-refractivity contribution in [3.8, 4) is 0 Å². The molecule has 1 aromatic rings. The minimum Gasteiger partial charge on any atom is -0.393 e. The van der Waals surface area contributed by atoms with E-state index in [1.54, 1.807) is 6.20 Å². The highest BCUT2D eigenvalue weighted by atomic mass is 16.5. The van der Waals surface area contributed by atoms with Gasteiger partial charge in [0.05, 0.1) is 18.8 Å². The van der Waals surface area contributed by atoms with Crippen LogP contribution in [0.2, 0.25) is 0 Å². The minimum absolute atomic E-state index is 0.0992. The number of ether oxygens (including phenoxy) is 1. The van der Waals surface area contributed by atoms with Gasteiger partial charge in [-0.25, -0.2) is 0 Å². The number of likely N-dealkylation sites (N-methyl/N-ethyl adjacent to an activating group) is 1. The smallest absolute Gasteiger partial charge is 0.222 e. The molecule has 0 bridgehead atoms. The van der Waals surface area contributed by atoms with Crippen molar-refractivity contribution in [2.45, 2.75) is 76.0 Å². The highest BCUT2D eigenvalue weighted by Crippen LogP contribution is 2.42. The lowest BCUT2D eigenvalue weighted by atomic mass is 9.76. The summed E-state index contributed by atoms with van der Waals surface area (Å²) >= 11 is 0. The number of aryl methyl sites for hydroxylation is 1. The Kier molecular flexibility index (Phi) is 7.06. The van der Waals surface area contributed by atoms with Gasteiger partial charge in [0.15, 0.2) is 0 Å². The third kappa shape index (κ3) is 5.40. The monoisotopic (exact) mass is 415 g/mol.